The van der Waals surface area contributed by atoms with E-state index >= 15 is 0 Å². The van der Waals surface area contributed by atoms with E-state index in [9.17, 15) is 0 Å². The second-order valence-corrected chi connectivity index (χ2v) is 4.74. The fraction of sp³-hybridized carbons (Fsp3) is 0.333. The monoisotopic (exact) mass is 217 g/mol. The van der Waals surface area contributed by atoms with Gasteiger partial charge in [-0.25, -0.2) is 0 Å². The Hall–Kier alpha value is -1.84. The van der Waals surface area contributed by atoms with E-state index in [2.05, 4.69) is 30.9 Å². The highest BCUT2D eigenvalue weighted by molar-refractivity contribution is 5.73. The summed E-state index contributed by atoms with van der Waals surface area (Å²) in [7, 11) is 0. The van der Waals surface area contributed by atoms with Gasteiger partial charge in [-0.3, -0.25) is 4.98 Å². The van der Waals surface area contributed by atoms with Gasteiger partial charge in [-0.15, -0.1) is 0 Å². The average molecular weight is 217 g/mol. The van der Waals surface area contributed by atoms with E-state index in [1.165, 1.54) is 0 Å². The molecule has 16 heavy (non-hydrogen) atoms. The first kappa shape index (κ1) is 10.7. The van der Waals surface area contributed by atoms with Crippen LogP contribution < -0.4 is 5.73 Å². The first-order valence-corrected chi connectivity index (χ1v) is 5.17. The van der Waals surface area contributed by atoms with Crippen molar-refractivity contribution in [3.63, 3.8) is 0 Å². The first-order chi connectivity index (χ1) is 7.50. The van der Waals surface area contributed by atoms with Crippen molar-refractivity contribution >= 4 is 5.82 Å². The molecule has 2 N–H and O–H groups in total. The molecule has 2 heterocycles. The Kier molecular flexibility index (Phi) is 2.42. The maximum atomic E-state index is 5.83. The third-order valence-electron chi connectivity index (χ3n) is 2.32. The van der Waals surface area contributed by atoms with Gasteiger partial charge in [0.05, 0.1) is 11.3 Å². The van der Waals surface area contributed by atoms with Crippen LogP contribution in [-0.4, -0.2) is 10.1 Å². The molecule has 0 atom stereocenters. The maximum absolute atomic E-state index is 5.83. The SMILES string of the molecule is CC(C)(C)c1onc(N)c1-c1ccccn1. The average Bonchev–Trinajstić information content (AvgIpc) is 2.61. The molecule has 0 radical (unpaired) electrons. The van der Waals surface area contributed by atoms with Crippen LogP contribution in [0.15, 0.2) is 28.9 Å². The molecular formula is C12H15N3O. The Labute approximate surface area is 94.5 Å². The summed E-state index contributed by atoms with van der Waals surface area (Å²) in [6.45, 7) is 6.16. The fourth-order valence-electron chi connectivity index (χ4n) is 1.57. The van der Waals surface area contributed by atoms with Crippen molar-refractivity contribution in [2.24, 2.45) is 0 Å². The second kappa shape index (κ2) is 3.63. The molecular weight excluding hydrogens is 202 g/mol. The predicted molar refractivity (Wildman–Crippen MR) is 62.8 cm³/mol. The van der Waals surface area contributed by atoms with Crippen LogP contribution >= 0.6 is 0 Å². The number of pyridine rings is 1. The lowest BCUT2D eigenvalue weighted by molar-refractivity contribution is 0.332. The van der Waals surface area contributed by atoms with Gasteiger partial charge in [0.25, 0.3) is 0 Å². The summed E-state index contributed by atoms with van der Waals surface area (Å²) in [5.41, 5.74) is 7.28. The first-order valence-electron chi connectivity index (χ1n) is 5.17. The lowest BCUT2D eigenvalue weighted by Crippen LogP contribution is -2.11. The minimum Gasteiger partial charge on any atom is -0.380 e. The smallest absolute Gasteiger partial charge is 0.176 e. The Morgan fingerprint density at radius 3 is 2.56 bits per heavy atom. The van der Waals surface area contributed by atoms with Crippen LogP contribution in [0.1, 0.15) is 26.5 Å². The summed E-state index contributed by atoms with van der Waals surface area (Å²) in [6, 6.07) is 5.68. The Bertz CT molecular complexity index is 483. The molecule has 0 fully saturated rings. The van der Waals surface area contributed by atoms with Crippen LogP contribution in [0.4, 0.5) is 5.82 Å². The van der Waals surface area contributed by atoms with Gasteiger partial charge in [-0.05, 0) is 12.1 Å². The van der Waals surface area contributed by atoms with Crippen molar-refractivity contribution < 1.29 is 4.52 Å². The van der Waals surface area contributed by atoms with Gasteiger partial charge in [0.1, 0.15) is 0 Å². The third-order valence-corrected chi connectivity index (χ3v) is 2.32. The largest absolute Gasteiger partial charge is 0.380 e. The molecule has 0 saturated carbocycles. The van der Waals surface area contributed by atoms with Crippen molar-refractivity contribution in [3.05, 3.63) is 30.2 Å². The minimum absolute atomic E-state index is 0.141. The van der Waals surface area contributed by atoms with Crippen LogP contribution in [0.2, 0.25) is 0 Å². The molecule has 4 nitrogen and oxygen atoms in total. The summed E-state index contributed by atoms with van der Waals surface area (Å²) >= 11 is 0. The normalized spacial score (nSPS) is 11.7. The highest BCUT2D eigenvalue weighted by Crippen LogP contribution is 2.35. The summed E-state index contributed by atoms with van der Waals surface area (Å²) in [4.78, 5) is 4.28. The van der Waals surface area contributed by atoms with Crippen molar-refractivity contribution in [2.75, 3.05) is 5.73 Å². The molecule has 0 saturated heterocycles. The van der Waals surface area contributed by atoms with Gasteiger partial charge in [0, 0.05) is 11.6 Å². The summed E-state index contributed by atoms with van der Waals surface area (Å²) in [5, 5.41) is 3.82. The van der Waals surface area contributed by atoms with Crippen LogP contribution in [0, 0.1) is 0 Å². The Morgan fingerprint density at radius 1 is 1.25 bits per heavy atom. The van der Waals surface area contributed by atoms with Gasteiger partial charge >= 0.3 is 0 Å². The molecule has 0 aliphatic carbocycles. The molecule has 0 amide bonds. The number of nitrogens with two attached hydrogens (primary N) is 1. The molecule has 2 rings (SSSR count). The Balaban J connectivity index is 2.61. The molecule has 0 unspecified atom stereocenters. The standard InChI is InChI=1S/C12H15N3O/c1-12(2,3)10-9(11(13)15-16-10)8-6-4-5-7-14-8/h4-7H,1-3H3,(H2,13,15). The maximum Gasteiger partial charge on any atom is 0.176 e. The number of nitrogen functional groups attached to an aromatic ring is 1. The molecule has 0 aromatic carbocycles. The van der Waals surface area contributed by atoms with Gasteiger partial charge in [-0.2, -0.15) is 0 Å². The van der Waals surface area contributed by atoms with Crippen LogP contribution in [0.5, 0.6) is 0 Å². The number of anilines is 1. The van der Waals surface area contributed by atoms with Gasteiger partial charge < -0.3 is 10.3 Å². The molecule has 0 spiro atoms. The van der Waals surface area contributed by atoms with Crippen molar-refractivity contribution in [2.45, 2.75) is 26.2 Å². The van der Waals surface area contributed by atoms with Crippen molar-refractivity contribution in [3.8, 4) is 11.3 Å². The Morgan fingerprint density at radius 2 is 2.00 bits per heavy atom. The van der Waals surface area contributed by atoms with Crippen molar-refractivity contribution in [1.82, 2.24) is 10.1 Å². The van der Waals surface area contributed by atoms with Crippen LogP contribution in [0.3, 0.4) is 0 Å². The van der Waals surface area contributed by atoms with E-state index in [4.69, 9.17) is 10.3 Å². The second-order valence-electron chi connectivity index (χ2n) is 4.74. The predicted octanol–water partition coefficient (Wildman–Crippen LogP) is 2.62. The van der Waals surface area contributed by atoms with Crippen LogP contribution in [0.25, 0.3) is 11.3 Å². The minimum atomic E-state index is -0.141. The van der Waals surface area contributed by atoms with Crippen LogP contribution in [-0.2, 0) is 5.41 Å². The number of nitrogens with zero attached hydrogens (tertiary/aromatic N) is 2. The fourth-order valence-corrected chi connectivity index (χ4v) is 1.57. The number of hydrogen-bond acceptors (Lipinski definition) is 4. The lowest BCUT2D eigenvalue weighted by Gasteiger charge is -2.15. The highest BCUT2D eigenvalue weighted by atomic mass is 16.5. The van der Waals surface area contributed by atoms with E-state index in [-0.39, 0.29) is 5.41 Å². The molecule has 0 aliphatic heterocycles. The molecule has 2 aromatic rings. The summed E-state index contributed by atoms with van der Waals surface area (Å²) < 4.78 is 5.30. The lowest BCUT2D eigenvalue weighted by atomic mass is 9.89. The molecule has 2 aromatic heterocycles. The summed E-state index contributed by atoms with van der Waals surface area (Å²) in [5.74, 6) is 1.16. The van der Waals surface area contributed by atoms with Gasteiger partial charge in [0.15, 0.2) is 11.6 Å². The van der Waals surface area contributed by atoms with E-state index in [0.29, 0.717) is 5.82 Å². The highest BCUT2D eigenvalue weighted by Gasteiger charge is 2.27. The van der Waals surface area contributed by atoms with E-state index in [1.807, 2.05) is 18.2 Å². The quantitative estimate of drug-likeness (QED) is 0.797. The van der Waals surface area contributed by atoms with Crippen molar-refractivity contribution in [1.29, 1.82) is 0 Å². The topological polar surface area (TPSA) is 64.9 Å². The zero-order chi connectivity index (χ0) is 11.8. The summed E-state index contributed by atoms with van der Waals surface area (Å²) in [6.07, 6.45) is 1.73. The molecule has 84 valence electrons. The zero-order valence-corrected chi connectivity index (χ0v) is 9.69. The van der Waals surface area contributed by atoms with Gasteiger partial charge in [-0.1, -0.05) is 32.0 Å². The van der Waals surface area contributed by atoms with E-state index in [0.717, 1.165) is 17.0 Å². The zero-order valence-electron chi connectivity index (χ0n) is 9.69. The molecule has 4 heteroatoms. The number of rotatable bonds is 1. The number of aromatic nitrogens is 2. The third kappa shape index (κ3) is 1.78. The van der Waals surface area contributed by atoms with E-state index < -0.39 is 0 Å². The molecule has 0 aliphatic rings. The van der Waals surface area contributed by atoms with Gasteiger partial charge in [0.2, 0.25) is 0 Å². The molecule has 0 bridgehead atoms. The number of hydrogen-bond donors (Lipinski definition) is 1. The van der Waals surface area contributed by atoms with E-state index in [1.54, 1.807) is 6.20 Å².